The third kappa shape index (κ3) is 4.29. The van der Waals surface area contributed by atoms with Crippen molar-refractivity contribution in [3.63, 3.8) is 0 Å². The Morgan fingerprint density at radius 3 is 1.46 bits per heavy atom. The minimum atomic E-state index is 0.0431. The fraction of sp³-hybridized carbons (Fsp3) is 0.0741. The van der Waals surface area contributed by atoms with Gasteiger partial charge < -0.3 is 0 Å². The molecule has 0 bridgehead atoms. The van der Waals surface area contributed by atoms with Gasteiger partial charge in [-0.1, -0.05) is 84.3 Å². The number of Topliss-reactive ketones (excluding diaryl/α,β-unsaturated/α-hetero) is 1. The zero-order valence-electron chi connectivity index (χ0n) is 15.4. The number of hydrogen-bond acceptors (Lipinski definition) is 1. The van der Waals surface area contributed by atoms with E-state index in [2.05, 4.69) is 60.1 Å². The molecule has 0 saturated carbocycles. The summed E-state index contributed by atoms with van der Waals surface area (Å²) in [6.07, 6.45) is 0.443. The largest absolute Gasteiger partial charge is 0.298 e. The molecule has 4 rings (SSSR count). The van der Waals surface area contributed by atoms with E-state index < -0.39 is 0 Å². The van der Waals surface area contributed by atoms with Crippen LogP contribution in [0.4, 0.5) is 0 Å². The van der Waals surface area contributed by atoms with Gasteiger partial charge in [0.1, 0.15) is 0 Å². The fourth-order valence-corrected chi connectivity index (χ4v) is 3.09. The van der Waals surface area contributed by atoms with Crippen LogP contribution in [0.3, 0.4) is 0 Å². The molecule has 4 aromatic rings. The molecule has 0 spiro atoms. The van der Waals surface area contributed by atoms with Crippen molar-refractivity contribution in [2.45, 2.75) is 12.8 Å². The lowest BCUT2D eigenvalue weighted by molar-refractivity contribution is -0.117. The molecule has 0 amide bonds. The Balaban J connectivity index is 1.37. The average Bonchev–Trinajstić information content (AvgIpc) is 2.73. The summed E-state index contributed by atoms with van der Waals surface area (Å²) in [6, 6.07) is 28.5. The van der Waals surface area contributed by atoms with Crippen molar-refractivity contribution in [2.75, 3.05) is 0 Å². The van der Waals surface area contributed by atoms with E-state index in [4.69, 9.17) is 0 Å². The van der Waals surface area contributed by atoms with E-state index >= 15 is 0 Å². The maximum atomic E-state index is 12.0. The van der Waals surface area contributed by atoms with Gasteiger partial charge >= 0.3 is 0 Å². The third-order valence-electron chi connectivity index (χ3n) is 4.54. The molecule has 0 heterocycles. The number of rotatable bonds is 2. The van der Waals surface area contributed by atoms with Gasteiger partial charge in [-0.05, 0) is 45.8 Å². The first-order valence-corrected chi connectivity index (χ1v) is 9.25. The molecule has 1 heteroatoms. The van der Waals surface area contributed by atoms with Crippen LogP contribution >= 0.6 is 0 Å². The predicted molar refractivity (Wildman–Crippen MR) is 116 cm³/mol. The first-order chi connectivity index (χ1) is 13.8. The Labute approximate surface area is 165 Å². The second-order valence-corrected chi connectivity index (χ2v) is 6.62. The highest BCUT2D eigenvalue weighted by atomic mass is 16.1. The van der Waals surface area contributed by atoms with E-state index in [0.29, 0.717) is 0 Å². The van der Waals surface area contributed by atoms with Crippen molar-refractivity contribution in [1.82, 2.24) is 0 Å². The minimum Gasteiger partial charge on any atom is -0.298 e. The summed E-state index contributed by atoms with van der Waals surface area (Å²) in [4.78, 5) is 12.0. The van der Waals surface area contributed by atoms with Gasteiger partial charge in [0.15, 0.2) is 5.78 Å². The smallest absolute Gasteiger partial charge is 0.156 e. The Morgan fingerprint density at radius 2 is 1.00 bits per heavy atom. The zero-order valence-corrected chi connectivity index (χ0v) is 15.4. The van der Waals surface area contributed by atoms with Crippen LogP contribution in [0.1, 0.15) is 24.0 Å². The zero-order chi connectivity index (χ0) is 19.2. The molecular formula is C27H18O. The van der Waals surface area contributed by atoms with Crippen molar-refractivity contribution >= 4 is 27.3 Å². The van der Waals surface area contributed by atoms with E-state index in [1.165, 1.54) is 10.8 Å². The molecule has 0 radical (unpaired) electrons. The molecule has 132 valence electrons. The van der Waals surface area contributed by atoms with Gasteiger partial charge in [-0.2, -0.15) is 0 Å². The second-order valence-electron chi connectivity index (χ2n) is 6.62. The summed E-state index contributed by atoms with van der Waals surface area (Å²) >= 11 is 0. The fourth-order valence-electron chi connectivity index (χ4n) is 3.09. The molecular weight excluding hydrogens is 340 g/mol. The molecule has 1 nitrogen and oxygen atoms in total. The average molecular weight is 358 g/mol. The van der Waals surface area contributed by atoms with Gasteiger partial charge in [-0.3, -0.25) is 4.79 Å². The molecule has 0 aliphatic carbocycles. The second kappa shape index (κ2) is 8.26. The van der Waals surface area contributed by atoms with E-state index in [-0.39, 0.29) is 18.6 Å². The maximum absolute atomic E-state index is 12.0. The van der Waals surface area contributed by atoms with Crippen LogP contribution in [-0.4, -0.2) is 5.78 Å². The molecule has 0 saturated heterocycles. The number of benzene rings is 4. The molecule has 0 unspecified atom stereocenters. The summed E-state index contributed by atoms with van der Waals surface area (Å²) in [5, 5.41) is 4.69. The molecule has 0 aliphatic rings. The third-order valence-corrected chi connectivity index (χ3v) is 4.54. The van der Waals surface area contributed by atoms with Crippen molar-refractivity contribution < 1.29 is 4.79 Å². The Morgan fingerprint density at radius 1 is 0.571 bits per heavy atom. The highest BCUT2D eigenvalue weighted by Gasteiger charge is 1.97. The highest BCUT2D eigenvalue weighted by molar-refractivity contribution is 5.86. The maximum Gasteiger partial charge on any atom is 0.156 e. The first-order valence-electron chi connectivity index (χ1n) is 9.25. The van der Waals surface area contributed by atoms with Crippen LogP contribution in [-0.2, 0) is 4.79 Å². The molecule has 0 aromatic heterocycles. The molecule has 28 heavy (non-hydrogen) atoms. The van der Waals surface area contributed by atoms with Crippen LogP contribution in [0, 0.1) is 23.7 Å². The quantitative estimate of drug-likeness (QED) is 0.417. The Hall–Kier alpha value is -3.81. The van der Waals surface area contributed by atoms with Gasteiger partial charge in [-0.15, -0.1) is 0 Å². The highest BCUT2D eigenvalue weighted by Crippen LogP contribution is 2.16. The number of fused-ring (bicyclic) bond motifs is 2. The molecule has 0 atom stereocenters. The van der Waals surface area contributed by atoms with Crippen molar-refractivity contribution in [1.29, 1.82) is 0 Å². The standard InChI is InChI=1S/C27H18O/c28-27(13-5-7-21-15-17-23-9-1-3-11-25(23)19-21)14-6-8-22-16-18-24-10-2-4-12-26(24)20-22/h1-4,9-12,15-20H,13-14H2. The molecule has 0 aliphatic heterocycles. The molecule has 0 N–H and O–H groups in total. The molecule has 4 aromatic carbocycles. The van der Waals surface area contributed by atoms with Crippen LogP contribution in [0.15, 0.2) is 84.9 Å². The SMILES string of the molecule is O=C(CC#Cc1ccc2ccccc2c1)CC#Cc1ccc2ccccc2c1. The lowest BCUT2D eigenvalue weighted by Crippen LogP contribution is -1.93. The summed E-state index contributed by atoms with van der Waals surface area (Å²) in [7, 11) is 0. The normalized spacial score (nSPS) is 10.0. The minimum absolute atomic E-state index is 0.0431. The van der Waals surface area contributed by atoms with Gasteiger partial charge in [0.25, 0.3) is 0 Å². The topological polar surface area (TPSA) is 17.1 Å². The van der Waals surface area contributed by atoms with Gasteiger partial charge in [0.2, 0.25) is 0 Å². The van der Waals surface area contributed by atoms with E-state index in [1.54, 1.807) is 0 Å². The lowest BCUT2D eigenvalue weighted by atomic mass is 10.1. The lowest BCUT2D eigenvalue weighted by Gasteiger charge is -1.97. The monoisotopic (exact) mass is 358 g/mol. The van der Waals surface area contributed by atoms with E-state index in [0.717, 1.165) is 21.9 Å². The van der Waals surface area contributed by atoms with E-state index in [9.17, 15) is 4.79 Å². The Kier molecular flexibility index (Phi) is 5.19. The number of ketones is 1. The van der Waals surface area contributed by atoms with Crippen molar-refractivity contribution in [3.05, 3.63) is 96.1 Å². The number of carbonyl (C=O) groups excluding carboxylic acids is 1. The summed E-state index contributed by atoms with van der Waals surface area (Å²) in [5.41, 5.74) is 1.85. The van der Waals surface area contributed by atoms with Gasteiger partial charge in [0, 0.05) is 11.1 Å². The summed E-state index contributed by atoms with van der Waals surface area (Å²) < 4.78 is 0. The number of hydrogen-bond donors (Lipinski definition) is 0. The van der Waals surface area contributed by atoms with Crippen LogP contribution in [0.5, 0.6) is 0 Å². The van der Waals surface area contributed by atoms with E-state index in [1.807, 2.05) is 48.5 Å². The van der Waals surface area contributed by atoms with Crippen LogP contribution < -0.4 is 0 Å². The van der Waals surface area contributed by atoms with Gasteiger partial charge in [-0.25, -0.2) is 0 Å². The first kappa shape index (κ1) is 17.6. The summed E-state index contributed by atoms with van der Waals surface area (Å²) in [6.45, 7) is 0. The summed E-state index contributed by atoms with van der Waals surface area (Å²) in [5.74, 6) is 12.1. The molecule has 0 fully saturated rings. The van der Waals surface area contributed by atoms with Crippen molar-refractivity contribution in [3.8, 4) is 23.7 Å². The predicted octanol–water partition coefficient (Wildman–Crippen LogP) is 5.75. The Bertz CT molecular complexity index is 1190. The number of carbonyl (C=O) groups is 1. The van der Waals surface area contributed by atoms with Crippen molar-refractivity contribution in [2.24, 2.45) is 0 Å². The van der Waals surface area contributed by atoms with Crippen LogP contribution in [0.25, 0.3) is 21.5 Å². The van der Waals surface area contributed by atoms with Crippen LogP contribution in [0.2, 0.25) is 0 Å². The van der Waals surface area contributed by atoms with Gasteiger partial charge in [0.05, 0.1) is 12.8 Å².